The lowest BCUT2D eigenvalue weighted by atomic mass is 10.0. The highest BCUT2D eigenvalue weighted by atomic mass is 32.1. The second kappa shape index (κ2) is 4.17. The van der Waals surface area contributed by atoms with Gasteiger partial charge in [0, 0.05) is 11.4 Å². The van der Waals surface area contributed by atoms with Crippen molar-refractivity contribution in [3.8, 4) is 11.1 Å². The molecule has 0 amide bonds. The summed E-state index contributed by atoms with van der Waals surface area (Å²) in [5.41, 5.74) is 10.9. The molecule has 0 aliphatic heterocycles. The van der Waals surface area contributed by atoms with Crippen LogP contribution in [0.25, 0.3) is 11.1 Å². The van der Waals surface area contributed by atoms with E-state index in [1.54, 1.807) is 11.3 Å². The van der Waals surface area contributed by atoms with Gasteiger partial charge in [-0.05, 0) is 47.5 Å². The van der Waals surface area contributed by atoms with Crippen molar-refractivity contribution in [3.63, 3.8) is 0 Å². The highest BCUT2D eigenvalue weighted by Gasteiger charge is 2.05. The van der Waals surface area contributed by atoms with E-state index in [1.807, 2.05) is 0 Å². The molecule has 2 heteroatoms. The molecule has 0 bridgehead atoms. The molecule has 0 saturated carbocycles. The zero-order chi connectivity index (χ0) is 10.8. The van der Waals surface area contributed by atoms with Crippen molar-refractivity contribution in [3.05, 3.63) is 45.6 Å². The van der Waals surface area contributed by atoms with E-state index in [1.165, 1.54) is 27.1 Å². The summed E-state index contributed by atoms with van der Waals surface area (Å²) >= 11 is 1.73. The van der Waals surface area contributed by atoms with Crippen LogP contribution < -0.4 is 5.73 Å². The molecule has 1 nitrogen and oxygen atoms in total. The summed E-state index contributed by atoms with van der Waals surface area (Å²) in [5.74, 6) is 0. The number of thiophene rings is 1. The van der Waals surface area contributed by atoms with Crippen molar-refractivity contribution in [2.45, 2.75) is 20.4 Å². The molecule has 0 unspecified atom stereocenters. The molecule has 2 N–H and O–H groups in total. The second-order valence-corrected chi connectivity index (χ2v) is 4.76. The SMILES string of the molecule is Cc1ccc(-c2ccsc2CN)cc1C. The predicted molar refractivity (Wildman–Crippen MR) is 67.1 cm³/mol. The molecule has 0 aliphatic rings. The molecule has 78 valence electrons. The van der Waals surface area contributed by atoms with Crippen molar-refractivity contribution < 1.29 is 0 Å². The summed E-state index contributed by atoms with van der Waals surface area (Å²) in [6.45, 7) is 4.91. The van der Waals surface area contributed by atoms with Crippen LogP contribution >= 0.6 is 11.3 Å². The Hall–Kier alpha value is -1.12. The standard InChI is InChI=1S/C13H15NS/c1-9-3-4-11(7-10(9)2)12-5-6-15-13(12)8-14/h3-7H,8,14H2,1-2H3. The third-order valence-corrected chi connectivity index (χ3v) is 3.69. The van der Waals surface area contributed by atoms with Gasteiger partial charge < -0.3 is 5.73 Å². The first kappa shape index (κ1) is 10.4. The molecule has 0 aliphatic carbocycles. The minimum atomic E-state index is 0.625. The summed E-state index contributed by atoms with van der Waals surface area (Å²) in [7, 11) is 0. The topological polar surface area (TPSA) is 26.0 Å². The Morgan fingerprint density at radius 2 is 1.93 bits per heavy atom. The van der Waals surface area contributed by atoms with E-state index in [4.69, 9.17) is 5.73 Å². The lowest BCUT2D eigenvalue weighted by Crippen LogP contribution is -1.95. The molecule has 1 heterocycles. The van der Waals surface area contributed by atoms with Crippen LogP contribution in [0.4, 0.5) is 0 Å². The van der Waals surface area contributed by atoms with Gasteiger partial charge >= 0.3 is 0 Å². The van der Waals surface area contributed by atoms with Gasteiger partial charge in [-0.1, -0.05) is 18.2 Å². The van der Waals surface area contributed by atoms with Crippen molar-refractivity contribution >= 4 is 11.3 Å². The van der Waals surface area contributed by atoms with E-state index in [-0.39, 0.29) is 0 Å². The first-order valence-corrected chi connectivity index (χ1v) is 5.94. The first-order valence-electron chi connectivity index (χ1n) is 5.06. The minimum absolute atomic E-state index is 0.625. The van der Waals surface area contributed by atoms with Crippen LogP contribution in [0.3, 0.4) is 0 Å². The van der Waals surface area contributed by atoms with Crippen molar-refractivity contribution in [1.82, 2.24) is 0 Å². The smallest absolute Gasteiger partial charge is 0.0280 e. The molecule has 0 saturated heterocycles. The molecular formula is C13H15NS. The monoisotopic (exact) mass is 217 g/mol. The number of hydrogen-bond donors (Lipinski definition) is 1. The summed E-state index contributed by atoms with van der Waals surface area (Å²) in [6.07, 6.45) is 0. The van der Waals surface area contributed by atoms with Crippen LogP contribution in [-0.2, 0) is 6.54 Å². The Morgan fingerprint density at radius 3 is 2.60 bits per heavy atom. The van der Waals surface area contributed by atoms with E-state index in [2.05, 4.69) is 43.5 Å². The molecule has 2 rings (SSSR count). The maximum atomic E-state index is 5.71. The number of aryl methyl sites for hydroxylation is 2. The number of nitrogens with two attached hydrogens (primary N) is 1. The normalized spacial score (nSPS) is 10.6. The molecule has 1 aromatic heterocycles. The zero-order valence-corrected chi connectivity index (χ0v) is 9.90. The average Bonchev–Trinajstić information content (AvgIpc) is 2.70. The Labute approximate surface area is 94.6 Å². The Kier molecular flexibility index (Phi) is 2.89. The largest absolute Gasteiger partial charge is 0.326 e. The fourth-order valence-electron chi connectivity index (χ4n) is 1.66. The molecule has 15 heavy (non-hydrogen) atoms. The van der Waals surface area contributed by atoms with Gasteiger partial charge in [-0.3, -0.25) is 0 Å². The van der Waals surface area contributed by atoms with Crippen LogP contribution in [0.15, 0.2) is 29.6 Å². The maximum Gasteiger partial charge on any atom is 0.0280 e. The Balaban J connectivity index is 2.50. The zero-order valence-electron chi connectivity index (χ0n) is 9.08. The van der Waals surface area contributed by atoms with Crippen molar-refractivity contribution in [1.29, 1.82) is 0 Å². The number of benzene rings is 1. The molecule has 0 radical (unpaired) electrons. The second-order valence-electron chi connectivity index (χ2n) is 3.76. The van der Waals surface area contributed by atoms with Crippen molar-refractivity contribution in [2.75, 3.05) is 0 Å². The van der Waals surface area contributed by atoms with E-state index in [0.717, 1.165) is 0 Å². The van der Waals surface area contributed by atoms with Gasteiger partial charge in [-0.25, -0.2) is 0 Å². The molecule has 2 aromatic rings. The van der Waals surface area contributed by atoms with Crippen LogP contribution in [0, 0.1) is 13.8 Å². The van der Waals surface area contributed by atoms with Crippen LogP contribution in [-0.4, -0.2) is 0 Å². The summed E-state index contributed by atoms with van der Waals surface area (Å²) in [4.78, 5) is 1.26. The van der Waals surface area contributed by atoms with Gasteiger partial charge in [0.15, 0.2) is 0 Å². The Morgan fingerprint density at radius 1 is 1.13 bits per heavy atom. The van der Waals surface area contributed by atoms with Gasteiger partial charge in [-0.2, -0.15) is 0 Å². The van der Waals surface area contributed by atoms with Crippen LogP contribution in [0.5, 0.6) is 0 Å². The van der Waals surface area contributed by atoms with Gasteiger partial charge in [0.25, 0.3) is 0 Å². The van der Waals surface area contributed by atoms with Gasteiger partial charge in [0.1, 0.15) is 0 Å². The first-order chi connectivity index (χ1) is 7.22. The maximum absolute atomic E-state index is 5.71. The van der Waals surface area contributed by atoms with E-state index >= 15 is 0 Å². The van der Waals surface area contributed by atoms with Crippen LogP contribution in [0.2, 0.25) is 0 Å². The van der Waals surface area contributed by atoms with E-state index < -0.39 is 0 Å². The molecule has 0 spiro atoms. The molecule has 1 aromatic carbocycles. The molecular weight excluding hydrogens is 202 g/mol. The highest BCUT2D eigenvalue weighted by molar-refractivity contribution is 7.10. The lowest BCUT2D eigenvalue weighted by Gasteiger charge is -2.05. The van der Waals surface area contributed by atoms with Crippen molar-refractivity contribution in [2.24, 2.45) is 5.73 Å². The average molecular weight is 217 g/mol. The number of hydrogen-bond acceptors (Lipinski definition) is 2. The number of rotatable bonds is 2. The minimum Gasteiger partial charge on any atom is -0.326 e. The van der Waals surface area contributed by atoms with E-state index in [9.17, 15) is 0 Å². The fourth-order valence-corrected chi connectivity index (χ4v) is 2.44. The summed E-state index contributed by atoms with van der Waals surface area (Å²) in [5, 5.41) is 2.10. The van der Waals surface area contributed by atoms with Gasteiger partial charge in [-0.15, -0.1) is 11.3 Å². The van der Waals surface area contributed by atoms with E-state index in [0.29, 0.717) is 6.54 Å². The predicted octanol–water partition coefficient (Wildman–Crippen LogP) is 3.49. The third kappa shape index (κ3) is 1.96. The lowest BCUT2D eigenvalue weighted by molar-refractivity contribution is 1.11. The highest BCUT2D eigenvalue weighted by Crippen LogP contribution is 2.29. The van der Waals surface area contributed by atoms with Crippen LogP contribution in [0.1, 0.15) is 16.0 Å². The quantitative estimate of drug-likeness (QED) is 0.818. The van der Waals surface area contributed by atoms with Gasteiger partial charge in [0.05, 0.1) is 0 Å². The molecule has 0 fully saturated rings. The summed E-state index contributed by atoms with van der Waals surface area (Å²) in [6, 6.07) is 8.72. The summed E-state index contributed by atoms with van der Waals surface area (Å²) < 4.78 is 0. The van der Waals surface area contributed by atoms with Gasteiger partial charge in [0.2, 0.25) is 0 Å². The fraction of sp³-hybridized carbons (Fsp3) is 0.231. The Bertz CT molecular complexity index is 471. The third-order valence-electron chi connectivity index (χ3n) is 2.75. The molecule has 0 atom stereocenters.